The number of rotatable bonds is 4. The molecular formula is C16H19ClN4O3. The van der Waals surface area contributed by atoms with E-state index in [1.54, 1.807) is 24.3 Å². The number of benzene rings is 1. The van der Waals surface area contributed by atoms with Gasteiger partial charge in [-0.2, -0.15) is 5.01 Å². The fraction of sp³-hybridized carbons (Fsp3) is 0.438. The van der Waals surface area contributed by atoms with Gasteiger partial charge in [0.15, 0.2) is 0 Å². The molecule has 0 aromatic heterocycles. The molecule has 1 aromatic rings. The summed E-state index contributed by atoms with van der Waals surface area (Å²) in [5.41, 5.74) is 2.21. The van der Waals surface area contributed by atoms with Crippen molar-refractivity contribution in [2.45, 2.75) is 37.6 Å². The first-order chi connectivity index (χ1) is 11.5. The molecular weight excluding hydrogens is 332 g/mol. The Morgan fingerprint density at radius 1 is 1.25 bits per heavy atom. The van der Waals surface area contributed by atoms with Gasteiger partial charge in [0.2, 0.25) is 0 Å². The number of carbonyl (C=O) groups excluding carboxylic acids is 3. The van der Waals surface area contributed by atoms with E-state index < -0.39 is 17.5 Å². The van der Waals surface area contributed by atoms with E-state index in [1.165, 1.54) is 0 Å². The summed E-state index contributed by atoms with van der Waals surface area (Å²) in [4.78, 5) is 36.6. The summed E-state index contributed by atoms with van der Waals surface area (Å²) in [6.07, 6.45) is 4.07. The van der Waals surface area contributed by atoms with E-state index in [1.807, 2.05) is 0 Å². The number of nitrogens with zero attached hydrogens (tertiary/aromatic N) is 1. The molecule has 0 radical (unpaired) electrons. The molecule has 1 saturated heterocycles. The summed E-state index contributed by atoms with van der Waals surface area (Å²) >= 11 is 5.87. The van der Waals surface area contributed by atoms with Crippen LogP contribution in [0.2, 0.25) is 5.02 Å². The van der Waals surface area contributed by atoms with E-state index in [0.717, 1.165) is 24.3 Å². The van der Waals surface area contributed by atoms with Gasteiger partial charge in [0.1, 0.15) is 5.54 Å². The molecule has 3 N–H and O–H groups in total. The molecule has 1 spiro atoms. The Kier molecular flexibility index (Phi) is 4.62. The summed E-state index contributed by atoms with van der Waals surface area (Å²) in [6.45, 7) is -0.0790. The Morgan fingerprint density at radius 2 is 2.00 bits per heavy atom. The minimum absolute atomic E-state index is 0.0790. The zero-order chi connectivity index (χ0) is 17.2. The standard InChI is InChI=1S/C16H19ClN4O3/c17-11-5-4-6-12(9-11)18-10-13(22)20-21-14(23)16(19-15(21)24)7-2-1-3-8-16/h4-6,9,18H,1-3,7-8,10H2,(H,19,24)(H,20,22). The van der Waals surface area contributed by atoms with E-state index in [-0.39, 0.29) is 12.5 Å². The summed E-state index contributed by atoms with van der Waals surface area (Å²) in [6, 6.07) is 6.36. The molecule has 24 heavy (non-hydrogen) atoms. The highest BCUT2D eigenvalue weighted by molar-refractivity contribution is 6.30. The molecule has 7 nitrogen and oxygen atoms in total. The van der Waals surface area contributed by atoms with Crippen LogP contribution in [-0.4, -0.2) is 34.9 Å². The summed E-state index contributed by atoms with van der Waals surface area (Å²) in [5, 5.41) is 6.98. The van der Waals surface area contributed by atoms with Gasteiger partial charge in [0, 0.05) is 10.7 Å². The van der Waals surface area contributed by atoms with Crippen molar-refractivity contribution in [2.75, 3.05) is 11.9 Å². The third kappa shape index (κ3) is 3.31. The number of imide groups is 1. The van der Waals surface area contributed by atoms with Crippen LogP contribution < -0.4 is 16.1 Å². The number of anilines is 1. The molecule has 0 bridgehead atoms. The van der Waals surface area contributed by atoms with Gasteiger partial charge in [0.05, 0.1) is 6.54 Å². The molecule has 0 unspecified atom stereocenters. The highest BCUT2D eigenvalue weighted by atomic mass is 35.5. The van der Waals surface area contributed by atoms with Crippen LogP contribution in [-0.2, 0) is 9.59 Å². The first-order valence-corrected chi connectivity index (χ1v) is 8.34. The molecule has 0 atom stereocenters. The highest BCUT2D eigenvalue weighted by Crippen LogP contribution is 2.32. The van der Waals surface area contributed by atoms with Crippen LogP contribution in [0.15, 0.2) is 24.3 Å². The maximum atomic E-state index is 12.5. The van der Waals surface area contributed by atoms with Crippen molar-refractivity contribution >= 4 is 35.1 Å². The predicted octanol–water partition coefficient (Wildman–Crippen LogP) is 2.04. The Balaban J connectivity index is 1.58. The lowest BCUT2D eigenvalue weighted by atomic mass is 9.82. The van der Waals surface area contributed by atoms with Crippen molar-refractivity contribution in [3.63, 3.8) is 0 Å². The van der Waals surface area contributed by atoms with Gasteiger partial charge in [-0.3, -0.25) is 15.0 Å². The van der Waals surface area contributed by atoms with Crippen molar-refractivity contribution in [3.8, 4) is 0 Å². The zero-order valence-electron chi connectivity index (χ0n) is 13.1. The Bertz CT molecular complexity index is 673. The lowest BCUT2D eigenvalue weighted by Gasteiger charge is -2.30. The number of carbonyl (C=O) groups is 3. The lowest BCUT2D eigenvalue weighted by molar-refractivity contribution is -0.139. The van der Waals surface area contributed by atoms with Gasteiger partial charge < -0.3 is 10.6 Å². The number of urea groups is 1. The minimum Gasteiger partial charge on any atom is -0.376 e. The first kappa shape index (κ1) is 16.6. The molecule has 1 heterocycles. The smallest absolute Gasteiger partial charge is 0.344 e. The summed E-state index contributed by atoms with van der Waals surface area (Å²) in [5.74, 6) is -0.852. The molecule has 1 saturated carbocycles. The van der Waals surface area contributed by atoms with E-state index >= 15 is 0 Å². The molecule has 3 rings (SSSR count). The van der Waals surface area contributed by atoms with Crippen LogP contribution in [0, 0.1) is 0 Å². The van der Waals surface area contributed by atoms with Crippen LogP contribution in [0.3, 0.4) is 0 Å². The molecule has 1 aliphatic carbocycles. The van der Waals surface area contributed by atoms with Gasteiger partial charge in [-0.1, -0.05) is 36.9 Å². The molecule has 8 heteroatoms. The fourth-order valence-corrected chi connectivity index (χ4v) is 3.35. The Labute approximate surface area is 144 Å². The molecule has 4 amide bonds. The maximum Gasteiger partial charge on any atom is 0.344 e. The minimum atomic E-state index is -0.844. The van der Waals surface area contributed by atoms with Gasteiger partial charge in [0.25, 0.3) is 11.8 Å². The lowest BCUT2D eigenvalue weighted by Crippen LogP contribution is -2.51. The topological polar surface area (TPSA) is 90.5 Å². The molecule has 1 aromatic carbocycles. The molecule has 2 fully saturated rings. The number of hydrazine groups is 1. The summed E-state index contributed by atoms with van der Waals surface area (Å²) in [7, 11) is 0. The Hall–Kier alpha value is -2.28. The van der Waals surface area contributed by atoms with E-state index in [9.17, 15) is 14.4 Å². The van der Waals surface area contributed by atoms with Crippen LogP contribution in [0.4, 0.5) is 10.5 Å². The normalized spacial score (nSPS) is 19.3. The number of hydrogen-bond acceptors (Lipinski definition) is 4. The van der Waals surface area contributed by atoms with E-state index in [4.69, 9.17) is 11.6 Å². The third-order valence-corrected chi connectivity index (χ3v) is 4.62. The van der Waals surface area contributed by atoms with Gasteiger partial charge in [-0.05, 0) is 31.0 Å². The second kappa shape index (κ2) is 6.68. The number of hydrogen-bond donors (Lipinski definition) is 3. The van der Waals surface area contributed by atoms with Crippen LogP contribution >= 0.6 is 11.6 Å². The Morgan fingerprint density at radius 3 is 2.71 bits per heavy atom. The van der Waals surface area contributed by atoms with Crippen molar-refractivity contribution in [2.24, 2.45) is 0 Å². The number of nitrogens with one attached hydrogen (secondary N) is 3. The van der Waals surface area contributed by atoms with E-state index in [0.29, 0.717) is 23.6 Å². The molecule has 2 aliphatic rings. The quantitative estimate of drug-likeness (QED) is 0.725. The fourth-order valence-electron chi connectivity index (χ4n) is 3.16. The van der Waals surface area contributed by atoms with Crippen LogP contribution in [0.1, 0.15) is 32.1 Å². The SMILES string of the molecule is O=C(CNc1cccc(Cl)c1)NN1C(=O)NC2(CCCCC2)C1=O. The van der Waals surface area contributed by atoms with Gasteiger partial charge in [-0.15, -0.1) is 0 Å². The largest absolute Gasteiger partial charge is 0.376 e. The average molecular weight is 351 g/mol. The second-order valence-corrected chi connectivity index (χ2v) is 6.55. The number of halogens is 1. The van der Waals surface area contributed by atoms with E-state index in [2.05, 4.69) is 16.1 Å². The molecule has 128 valence electrons. The van der Waals surface area contributed by atoms with Crippen molar-refractivity contribution in [1.82, 2.24) is 15.8 Å². The zero-order valence-corrected chi connectivity index (χ0v) is 13.9. The van der Waals surface area contributed by atoms with Crippen molar-refractivity contribution < 1.29 is 14.4 Å². The van der Waals surface area contributed by atoms with Gasteiger partial charge >= 0.3 is 6.03 Å². The predicted molar refractivity (Wildman–Crippen MR) is 89.3 cm³/mol. The third-order valence-electron chi connectivity index (χ3n) is 4.38. The van der Waals surface area contributed by atoms with Crippen molar-refractivity contribution in [1.29, 1.82) is 0 Å². The first-order valence-electron chi connectivity index (χ1n) is 7.96. The second-order valence-electron chi connectivity index (χ2n) is 6.11. The highest BCUT2D eigenvalue weighted by Gasteiger charge is 2.52. The number of amides is 4. The maximum absolute atomic E-state index is 12.5. The summed E-state index contributed by atoms with van der Waals surface area (Å²) < 4.78 is 0. The monoisotopic (exact) mass is 350 g/mol. The van der Waals surface area contributed by atoms with Gasteiger partial charge in [-0.25, -0.2) is 4.79 Å². The average Bonchev–Trinajstić information content (AvgIpc) is 2.78. The van der Waals surface area contributed by atoms with Crippen LogP contribution in [0.25, 0.3) is 0 Å². The van der Waals surface area contributed by atoms with Crippen molar-refractivity contribution in [3.05, 3.63) is 29.3 Å². The van der Waals surface area contributed by atoms with Crippen LogP contribution in [0.5, 0.6) is 0 Å². The molecule has 1 aliphatic heterocycles.